The summed E-state index contributed by atoms with van der Waals surface area (Å²) in [6.07, 6.45) is 2.27. The van der Waals surface area contributed by atoms with Crippen LogP contribution < -0.4 is 11.5 Å². The lowest BCUT2D eigenvalue weighted by molar-refractivity contribution is -0.119. The van der Waals surface area contributed by atoms with Gasteiger partial charge in [0.1, 0.15) is 0 Å². The van der Waals surface area contributed by atoms with Gasteiger partial charge in [-0.05, 0) is 26.7 Å². The summed E-state index contributed by atoms with van der Waals surface area (Å²) in [4.78, 5) is 16.9. The Morgan fingerprint density at radius 2 is 1.86 bits per heavy atom. The number of hydrogen-bond acceptors (Lipinski definition) is 2. The minimum atomic E-state index is -0.259. The zero-order chi connectivity index (χ0) is 10.7. The molecule has 1 heterocycles. The first-order valence-electron chi connectivity index (χ1n) is 4.89. The molecule has 0 bridgehead atoms. The average molecular weight is 198 g/mol. The number of nitrogens with two attached hydrogens (primary N) is 2. The van der Waals surface area contributed by atoms with Crippen LogP contribution in [-0.4, -0.2) is 35.4 Å². The van der Waals surface area contributed by atoms with E-state index in [-0.39, 0.29) is 11.9 Å². The number of guanidine groups is 1. The molecule has 0 saturated carbocycles. The van der Waals surface area contributed by atoms with E-state index in [0.717, 1.165) is 12.8 Å². The molecule has 80 valence electrons. The van der Waals surface area contributed by atoms with Crippen molar-refractivity contribution in [1.82, 2.24) is 4.90 Å². The van der Waals surface area contributed by atoms with Gasteiger partial charge in [0.25, 0.3) is 5.91 Å². The van der Waals surface area contributed by atoms with Gasteiger partial charge < -0.3 is 11.5 Å². The largest absolute Gasteiger partial charge is 0.370 e. The summed E-state index contributed by atoms with van der Waals surface area (Å²) in [7, 11) is 0. The molecule has 1 aliphatic rings. The first-order chi connectivity index (χ1) is 6.50. The molecular formula is C9H18N4O. The number of carbonyl (C=O) groups excluding carboxylic acids is 1. The Labute approximate surface area is 84.1 Å². The Morgan fingerprint density at radius 3 is 2.29 bits per heavy atom. The van der Waals surface area contributed by atoms with Crippen LogP contribution in [0.5, 0.6) is 0 Å². The van der Waals surface area contributed by atoms with E-state index in [1.165, 1.54) is 0 Å². The standard InChI is InChI=1S/C9H18N4O/c1-6-3-4-7(2)13(6)5-8(14)12-9(10)11/h6-7H,3-5H2,1-2H3,(H4,10,11,12,14)/t6-,7?/m1/s1. The lowest BCUT2D eigenvalue weighted by Gasteiger charge is -2.23. The van der Waals surface area contributed by atoms with Gasteiger partial charge in [-0.3, -0.25) is 9.69 Å². The van der Waals surface area contributed by atoms with Gasteiger partial charge in [0, 0.05) is 12.1 Å². The van der Waals surface area contributed by atoms with Crippen molar-refractivity contribution in [3.8, 4) is 0 Å². The maximum atomic E-state index is 11.3. The number of amides is 1. The normalized spacial score (nSPS) is 27.6. The fraction of sp³-hybridized carbons (Fsp3) is 0.778. The van der Waals surface area contributed by atoms with E-state index in [0.29, 0.717) is 18.6 Å². The fourth-order valence-corrected chi connectivity index (χ4v) is 1.90. The zero-order valence-electron chi connectivity index (χ0n) is 8.73. The molecule has 0 aliphatic carbocycles. The molecule has 1 aliphatic heterocycles. The van der Waals surface area contributed by atoms with Gasteiger partial charge in [0.05, 0.1) is 6.54 Å². The average Bonchev–Trinajstić information content (AvgIpc) is 2.34. The van der Waals surface area contributed by atoms with Gasteiger partial charge in [0.2, 0.25) is 0 Å². The lowest BCUT2D eigenvalue weighted by Crippen LogP contribution is -2.37. The molecule has 5 heteroatoms. The third kappa shape index (κ3) is 2.70. The SMILES string of the molecule is CC1CC[C@@H](C)N1CC(=O)N=C(N)N. The second-order valence-electron chi connectivity index (χ2n) is 3.88. The van der Waals surface area contributed by atoms with E-state index in [9.17, 15) is 4.79 Å². The minimum absolute atomic E-state index is 0.158. The molecule has 2 atom stereocenters. The number of rotatable bonds is 2. The van der Waals surface area contributed by atoms with Crippen molar-refractivity contribution in [2.75, 3.05) is 6.54 Å². The Kier molecular flexibility index (Phi) is 3.46. The molecule has 1 saturated heterocycles. The van der Waals surface area contributed by atoms with Crippen LogP contribution in [0.1, 0.15) is 26.7 Å². The Balaban J connectivity index is 2.51. The summed E-state index contributed by atoms with van der Waals surface area (Å²) in [5.74, 6) is -0.417. The van der Waals surface area contributed by atoms with E-state index in [4.69, 9.17) is 11.5 Å². The van der Waals surface area contributed by atoms with Gasteiger partial charge in [-0.15, -0.1) is 0 Å². The molecule has 5 nitrogen and oxygen atoms in total. The molecule has 0 aromatic carbocycles. The van der Waals surface area contributed by atoms with Crippen LogP contribution in [0, 0.1) is 0 Å². The van der Waals surface area contributed by atoms with Crippen molar-refractivity contribution in [1.29, 1.82) is 0 Å². The molecular weight excluding hydrogens is 180 g/mol. The van der Waals surface area contributed by atoms with Gasteiger partial charge in [-0.2, -0.15) is 4.99 Å². The molecule has 0 radical (unpaired) electrons. The monoisotopic (exact) mass is 198 g/mol. The number of nitrogens with zero attached hydrogens (tertiary/aromatic N) is 2. The van der Waals surface area contributed by atoms with Crippen LogP contribution in [0.3, 0.4) is 0 Å². The molecule has 0 spiro atoms. The highest BCUT2D eigenvalue weighted by molar-refractivity contribution is 5.92. The Hall–Kier alpha value is -1.10. The molecule has 1 fully saturated rings. The molecule has 1 rings (SSSR count). The summed E-state index contributed by atoms with van der Waals surface area (Å²) in [6.45, 7) is 4.55. The topological polar surface area (TPSA) is 84.7 Å². The van der Waals surface area contributed by atoms with E-state index in [1.54, 1.807) is 0 Å². The number of hydrogen-bond donors (Lipinski definition) is 2. The number of carbonyl (C=O) groups is 1. The zero-order valence-corrected chi connectivity index (χ0v) is 8.73. The second-order valence-corrected chi connectivity index (χ2v) is 3.88. The van der Waals surface area contributed by atoms with Crippen molar-refractivity contribution >= 4 is 11.9 Å². The molecule has 1 amide bonds. The number of likely N-dealkylation sites (tertiary alicyclic amines) is 1. The third-order valence-electron chi connectivity index (χ3n) is 2.71. The smallest absolute Gasteiger partial charge is 0.263 e. The van der Waals surface area contributed by atoms with Gasteiger partial charge in [-0.1, -0.05) is 0 Å². The van der Waals surface area contributed by atoms with Crippen molar-refractivity contribution in [3.63, 3.8) is 0 Å². The van der Waals surface area contributed by atoms with Crippen LogP contribution in [0.4, 0.5) is 0 Å². The Morgan fingerprint density at radius 1 is 1.36 bits per heavy atom. The summed E-state index contributed by atoms with van der Waals surface area (Å²) < 4.78 is 0. The maximum absolute atomic E-state index is 11.3. The van der Waals surface area contributed by atoms with Crippen LogP contribution >= 0.6 is 0 Å². The highest BCUT2D eigenvalue weighted by Crippen LogP contribution is 2.22. The Bertz CT molecular complexity index is 237. The van der Waals surface area contributed by atoms with Crippen LogP contribution in [0.25, 0.3) is 0 Å². The fourth-order valence-electron chi connectivity index (χ4n) is 1.90. The van der Waals surface area contributed by atoms with Crippen LogP contribution in [0.2, 0.25) is 0 Å². The van der Waals surface area contributed by atoms with Crippen molar-refractivity contribution in [3.05, 3.63) is 0 Å². The second kappa shape index (κ2) is 4.41. The van der Waals surface area contributed by atoms with Gasteiger partial charge in [-0.25, -0.2) is 0 Å². The summed E-state index contributed by atoms with van der Waals surface area (Å²) in [6, 6.07) is 0.895. The lowest BCUT2D eigenvalue weighted by atomic mass is 10.2. The van der Waals surface area contributed by atoms with Gasteiger partial charge >= 0.3 is 0 Å². The molecule has 14 heavy (non-hydrogen) atoms. The predicted molar refractivity (Wildman–Crippen MR) is 55.7 cm³/mol. The molecule has 4 N–H and O–H groups in total. The van der Waals surface area contributed by atoms with E-state index >= 15 is 0 Å². The minimum Gasteiger partial charge on any atom is -0.370 e. The molecule has 0 aromatic rings. The molecule has 0 aromatic heterocycles. The van der Waals surface area contributed by atoms with Crippen molar-refractivity contribution in [2.45, 2.75) is 38.8 Å². The van der Waals surface area contributed by atoms with E-state index in [1.807, 2.05) is 0 Å². The van der Waals surface area contributed by atoms with E-state index < -0.39 is 0 Å². The van der Waals surface area contributed by atoms with Crippen LogP contribution in [-0.2, 0) is 4.79 Å². The van der Waals surface area contributed by atoms with Gasteiger partial charge in [0.15, 0.2) is 5.96 Å². The first-order valence-corrected chi connectivity index (χ1v) is 4.89. The number of aliphatic imine (C=N–C) groups is 1. The summed E-state index contributed by atoms with van der Waals surface area (Å²) in [5, 5.41) is 0. The maximum Gasteiger partial charge on any atom is 0.263 e. The summed E-state index contributed by atoms with van der Waals surface area (Å²) in [5.41, 5.74) is 10.3. The first kappa shape index (κ1) is 11.0. The van der Waals surface area contributed by atoms with Crippen LogP contribution in [0.15, 0.2) is 4.99 Å². The van der Waals surface area contributed by atoms with Crippen molar-refractivity contribution in [2.24, 2.45) is 16.5 Å². The van der Waals surface area contributed by atoms with Crippen molar-refractivity contribution < 1.29 is 4.79 Å². The highest BCUT2D eigenvalue weighted by atomic mass is 16.1. The summed E-state index contributed by atoms with van der Waals surface area (Å²) >= 11 is 0. The predicted octanol–water partition coefficient (Wildman–Crippen LogP) is -0.341. The van der Waals surface area contributed by atoms with E-state index in [2.05, 4.69) is 23.7 Å². The molecule has 1 unspecified atom stereocenters. The quantitative estimate of drug-likeness (QED) is 0.469. The third-order valence-corrected chi connectivity index (χ3v) is 2.71. The highest BCUT2D eigenvalue weighted by Gasteiger charge is 2.28.